The van der Waals surface area contributed by atoms with Gasteiger partial charge in [0.2, 0.25) is 0 Å². The van der Waals surface area contributed by atoms with Crippen molar-refractivity contribution in [2.24, 2.45) is 11.3 Å². The first-order valence-electron chi connectivity index (χ1n) is 5.64. The second-order valence-electron chi connectivity index (χ2n) is 5.98. The molecule has 1 rings (SSSR count). The third-order valence-corrected chi connectivity index (χ3v) is 3.45. The van der Waals surface area contributed by atoms with Crippen LogP contribution in [0.5, 0.6) is 0 Å². The lowest BCUT2D eigenvalue weighted by Crippen LogP contribution is -2.42. The third kappa shape index (κ3) is 2.60. The molecule has 0 aromatic carbocycles. The average Bonchev–Trinajstić information content (AvgIpc) is 1.97. The molecule has 2 unspecified atom stereocenters. The molecule has 14 heavy (non-hydrogen) atoms. The molecule has 0 aromatic heterocycles. The van der Waals surface area contributed by atoms with Crippen molar-refractivity contribution in [2.75, 3.05) is 0 Å². The maximum absolute atomic E-state index is 10.5. The SMILES string of the molecule is CC(C)=CC1(O)CCC(C)(C)CC1C. The van der Waals surface area contributed by atoms with E-state index in [1.165, 1.54) is 5.57 Å². The van der Waals surface area contributed by atoms with Gasteiger partial charge in [0.05, 0.1) is 5.60 Å². The van der Waals surface area contributed by atoms with E-state index in [9.17, 15) is 5.11 Å². The van der Waals surface area contributed by atoms with Crippen molar-refractivity contribution >= 4 is 0 Å². The molecule has 1 N–H and O–H groups in total. The summed E-state index contributed by atoms with van der Waals surface area (Å²) >= 11 is 0. The van der Waals surface area contributed by atoms with Gasteiger partial charge in [-0.1, -0.05) is 32.4 Å². The second kappa shape index (κ2) is 3.69. The smallest absolute Gasteiger partial charge is 0.0855 e. The Labute approximate surface area is 88.2 Å². The molecule has 0 heterocycles. The monoisotopic (exact) mass is 196 g/mol. The number of hydrogen-bond donors (Lipinski definition) is 1. The van der Waals surface area contributed by atoms with E-state index < -0.39 is 5.60 Å². The van der Waals surface area contributed by atoms with E-state index in [1.807, 2.05) is 6.08 Å². The Kier molecular flexibility index (Phi) is 3.10. The minimum atomic E-state index is -0.547. The fourth-order valence-corrected chi connectivity index (χ4v) is 2.61. The van der Waals surface area contributed by atoms with Crippen molar-refractivity contribution in [3.63, 3.8) is 0 Å². The molecule has 1 fully saturated rings. The lowest BCUT2D eigenvalue weighted by Gasteiger charge is -2.44. The fourth-order valence-electron chi connectivity index (χ4n) is 2.61. The molecule has 0 aliphatic heterocycles. The molecule has 0 spiro atoms. The zero-order chi connectivity index (χ0) is 11.0. The first-order valence-corrected chi connectivity index (χ1v) is 5.64. The molecule has 1 nitrogen and oxygen atoms in total. The van der Waals surface area contributed by atoms with Gasteiger partial charge in [-0.15, -0.1) is 0 Å². The van der Waals surface area contributed by atoms with Gasteiger partial charge < -0.3 is 5.11 Å². The van der Waals surface area contributed by atoms with Crippen molar-refractivity contribution in [3.05, 3.63) is 11.6 Å². The van der Waals surface area contributed by atoms with Crippen LogP contribution >= 0.6 is 0 Å². The topological polar surface area (TPSA) is 20.2 Å². The van der Waals surface area contributed by atoms with E-state index in [2.05, 4.69) is 34.6 Å². The maximum atomic E-state index is 10.5. The molecule has 1 heteroatoms. The lowest BCUT2D eigenvalue weighted by molar-refractivity contribution is -0.0333. The van der Waals surface area contributed by atoms with E-state index in [0.717, 1.165) is 19.3 Å². The van der Waals surface area contributed by atoms with Crippen LogP contribution in [0.3, 0.4) is 0 Å². The van der Waals surface area contributed by atoms with Gasteiger partial charge in [0, 0.05) is 0 Å². The van der Waals surface area contributed by atoms with Crippen molar-refractivity contribution in [3.8, 4) is 0 Å². The largest absolute Gasteiger partial charge is 0.386 e. The Balaban J connectivity index is 2.80. The minimum absolute atomic E-state index is 0.376. The molecule has 0 saturated heterocycles. The van der Waals surface area contributed by atoms with E-state index in [-0.39, 0.29) is 0 Å². The quantitative estimate of drug-likeness (QED) is 0.636. The molecule has 0 radical (unpaired) electrons. The van der Waals surface area contributed by atoms with E-state index in [0.29, 0.717) is 11.3 Å². The molecular formula is C13H24O. The van der Waals surface area contributed by atoms with Gasteiger partial charge in [-0.2, -0.15) is 0 Å². The summed E-state index contributed by atoms with van der Waals surface area (Å²) in [5.41, 5.74) is 1.08. The first-order chi connectivity index (χ1) is 6.25. The zero-order valence-electron chi connectivity index (χ0n) is 10.2. The fraction of sp³-hybridized carbons (Fsp3) is 0.846. The average molecular weight is 196 g/mol. The van der Waals surface area contributed by atoms with E-state index in [4.69, 9.17) is 0 Å². The van der Waals surface area contributed by atoms with Gasteiger partial charge in [0.25, 0.3) is 0 Å². The van der Waals surface area contributed by atoms with Gasteiger partial charge in [0.15, 0.2) is 0 Å². The van der Waals surface area contributed by atoms with Crippen LogP contribution in [0.2, 0.25) is 0 Å². The van der Waals surface area contributed by atoms with Crippen molar-refractivity contribution in [2.45, 2.75) is 59.5 Å². The predicted molar refractivity (Wildman–Crippen MR) is 61.2 cm³/mol. The summed E-state index contributed by atoms with van der Waals surface area (Å²) in [4.78, 5) is 0. The van der Waals surface area contributed by atoms with Gasteiger partial charge in [0.1, 0.15) is 0 Å². The lowest BCUT2D eigenvalue weighted by atomic mass is 9.65. The van der Waals surface area contributed by atoms with Gasteiger partial charge in [-0.25, -0.2) is 0 Å². The Morgan fingerprint density at radius 3 is 2.29 bits per heavy atom. The number of rotatable bonds is 1. The van der Waals surface area contributed by atoms with Crippen LogP contribution in [0.25, 0.3) is 0 Å². The zero-order valence-corrected chi connectivity index (χ0v) is 10.2. The Morgan fingerprint density at radius 2 is 1.86 bits per heavy atom. The third-order valence-electron chi connectivity index (χ3n) is 3.45. The van der Waals surface area contributed by atoms with Crippen LogP contribution in [0, 0.1) is 11.3 Å². The number of allylic oxidation sites excluding steroid dienone is 1. The van der Waals surface area contributed by atoms with E-state index >= 15 is 0 Å². The highest BCUT2D eigenvalue weighted by atomic mass is 16.3. The summed E-state index contributed by atoms with van der Waals surface area (Å²) in [6.07, 6.45) is 5.20. The predicted octanol–water partition coefficient (Wildman–Crippen LogP) is 3.53. The van der Waals surface area contributed by atoms with Gasteiger partial charge in [-0.3, -0.25) is 0 Å². The maximum Gasteiger partial charge on any atom is 0.0855 e. The van der Waals surface area contributed by atoms with Crippen molar-refractivity contribution in [1.29, 1.82) is 0 Å². The van der Waals surface area contributed by atoms with Crippen LogP contribution in [-0.4, -0.2) is 10.7 Å². The molecule has 1 saturated carbocycles. The Hall–Kier alpha value is -0.300. The molecule has 82 valence electrons. The normalized spacial score (nSPS) is 36.6. The van der Waals surface area contributed by atoms with Crippen LogP contribution in [-0.2, 0) is 0 Å². The molecule has 0 amide bonds. The van der Waals surface area contributed by atoms with Crippen LogP contribution in [0.1, 0.15) is 53.9 Å². The standard InChI is InChI=1S/C13H24O/c1-10(2)8-13(14)7-6-12(4,5)9-11(13)3/h8,11,14H,6-7,9H2,1-5H3. The van der Waals surface area contributed by atoms with Gasteiger partial charge >= 0.3 is 0 Å². The van der Waals surface area contributed by atoms with Crippen LogP contribution in [0.4, 0.5) is 0 Å². The first kappa shape index (κ1) is 11.8. The summed E-state index contributed by atoms with van der Waals surface area (Å²) in [5.74, 6) is 0.376. The van der Waals surface area contributed by atoms with Crippen molar-refractivity contribution in [1.82, 2.24) is 0 Å². The summed E-state index contributed by atoms with van der Waals surface area (Å²) in [7, 11) is 0. The summed E-state index contributed by atoms with van der Waals surface area (Å²) in [6, 6.07) is 0. The van der Waals surface area contributed by atoms with Crippen LogP contribution < -0.4 is 0 Å². The van der Waals surface area contributed by atoms with Crippen LogP contribution in [0.15, 0.2) is 11.6 Å². The van der Waals surface area contributed by atoms with Gasteiger partial charge in [-0.05, 0) is 44.4 Å². The van der Waals surface area contributed by atoms with Crippen molar-refractivity contribution < 1.29 is 5.11 Å². The molecule has 2 atom stereocenters. The summed E-state index contributed by atoms with van der Waals surface area (Å²) < 4.78 is 0. The molecule has 0 bridgehead atoms. The molecule has 1 aliphatic rings. The molecule has 0 aromatic rings. The summed E-state index contributed by atoms with van der Waals surface area (Å²) in [5, 5.41) is 10.5. The Morgan fingerprint density at radius 1 is 1.29 bits per heavy atom. The highest BCUT2D eigenvalue weighted by Gasteiger charge is 2.40. The second-order valence-corrected chi connectivity index (χ2v) is 5.98. The molecule has 1 aliphatic carbocycles. The summed E-state index contributed by atoms with van der Waals surface area (Å²) in [6.45, 7) is 10.9. The number of hydrogen-bond acceptors (Lipinski definition) is 1. The minimum Gasteiger partial charge on any atom is -0.386 e. The molecular weight excluding hydrogens is 172 g/mol. The highest BCUT2D eigenvalue weighted by Crippen LogP contribution is 2.44. The Bertz CT molecular complexity index is 236. The number of aliphatic hydroxyl groups is 1. The van der Waals surface area contributed by atoms with E-state index in [1.54, 1.807) is 0 Å². The highest BCUT2D eigenvalue weighted by molar-refractivity contribution is 5.11.